The molecule has 0 saturated carbocycles. The fraction of sp³-hybridized carbons (Fsp3) is 0.300. The lowest BCUT2D eigenvalue weighted by Gasteiger charge is -2.10. The molecule has 0 aromatic heterocycles. The molecule has 0 spiro atoms. The van der Waals surface area contributed by atoms with Gasteiger partial charge in [0.1, 0.15) is 17.7 Å². The highest BCUT2D eigenvalue weighted by Gasteiger charge is 2.19. The summed E-state index contributed by atoms with van der Waals surface area (Å²) in [6.07, 6.45) is 0.109. The van der Waals surface area contributed by atoms with Crippen LogP contribution < -0.4 is 10.1 Å². The van der Waals surface area contributed by atoms with Gasteiger partial charge in [-0.1, -0.05) is 0 Å². The molecular weight excluding hydrogens is 185 g/mol. The largest absolute Gasteiger partial charge is 0.488 e. The van der Waals surface area contributed by atoms with Crippen molar-refractivity contribution < 1.29 is 13.9 Å². The number of amides is 1. The minimum atomic E-state index is -0.387. The number of ether oxygens (including phenoxy) is 1. The van der Waals surface area contributed by atoms with E-state index in [4.69, 9.17) is 4.74 Å². The van der Waals surface area contributed by atoms with Gasteiger partial charge in [-0.3, -0.25) is 4.79 Å². The maximum absolute atomic E-state index is 12.8. The Bertz CT molecular complexity index is 378. The van der Waals surface area contributed by atoms with Gasteiger partial charge < -0.3 is 10.1 Å². The average molecular weight is 195 g/mol. The van der Waals surface area contributed by atoms with Crippen molar-refractivity contribution in [3.63, 3.8) is 0 Å². The number of carbonyl (C=O) groups is 1. The van der Waals surface area contributed by atoms with Crippen LogP contribution in [-0.4, -0.2) is 12.0 Å². The molecular formula is C10H10FNO2. The van der Waals surface area contributed by atoms with E-state index in [2.05, 4.69) is 5.32 Å². The highest BCUT2D eigenvalue weighted by molar-refractivity contribution is 5.93. The zero-order valence-electron chi connectivity index (χ0n) is 7.71. The molecule has 0 radical (unpaired) electrons. The second-order valence-electron chi connectivity index (χ2n) is 3.32. The van der Waals surface area contributed by atoms with E-state index in [1.807, 2.05) is 0 Å². The second kappa shape index (κ2) is 3.29. The summed E-state index contributed by atoms with van der Waals surface area (Å²) in [7, 11) is 0. The van der Waals surface area contributed by atoms with Crippen molar-refractivity contribution in [1.82, 2.24) is 0 Å². The van der Waals surface area contributed by atoms with Crippen molar-refractivity contribution >= 4 is 11.6 Å². The summed E-state index contributed by atoms with van der Waals surface area (Å²) in [5.74, 6) is -0.0196. The summed E-state index contributed by atoms with van der Waals surface area (Å²) < 4.78 is 18.3. The minimum Gasteiger partial charge on any atom is -0.488 e. The second-order valence-corrected chi connectivity index (χ2v) is 3.32. The van der Waals surface area contributed by atoms with E-state index >= 15 is 0 Å². The molecule has 2 rings (SSSR count). The van der Waals surface area contributed by atoms with Gasteiger partial charge in [0.2, 0.25) is 5.91 Å². The zero-order valence-corrected chi connectivity index (χ0v) is 7.71. The molecule has 1 aromatic rings. The lowest BCUT2D eigenvalue weighted by atomic mass is 10.3. The minimum absolute atomic E-state index is 0.151. The first-order chi connectivity index (χ1) is 6.65. The van der Waals surface area contributed by atoms with E-state index in [0.29, 0.717) is 11.4 Å². The van der Waals surface area contributed by atoms with Gasteiger partial charge in [-0.25, -0.2) is 4.39 Å². The van der Waals surface area contributed by atoms with Crippen molar-refractivity contribution in [3.8, 4) is 5.75 Å². The number of carbonyl (C=O) groups excluding carboxylic acids is 1. The fourth-order valence-corrected chi connectivity index (χ4v) is 1.42. The number of halogens is 1. The molecule has 1 amide bonds. The number of hydrogen-bond donors (Lipinski definition) is 1. The topological polar surface area (TPSA) is 38.3 Å². The average Bonchev–Trinajstić information content (AvgIpc) is 2.21. The molecule has 3 nitrogen and oxygen atoms in total. The third-order valence-electron chi connectivity index (χ3n) is 2.02. The highest BCUT2D eigenvalue weighted by atomic mass is 19.1. The van der Waals surface area contributed by atoms with E-state index in [-0.39, 0.29) is 24.2 Å². The molecule has 0 fully saturated rings. The molecule has 0 aliphatic carbocycles. The maximum atomic E-state index is 12.8. The summed E-state index contributed by atoms with van der Waals surface area (Å²) in [5.41, 5.74) is 0.402. The lowest BCUT2D eigenvalue weighted by Crippen LogP contribution is -2.17. The van der Waals surface area contributed by atoms with Crippen LogP contribution in [0, 0.1) is 5.82 Å². The number of anilines is 1. The standard InChI is InChI=1S/C10H10FNO2/c1-6-4-10(13)12-8-5-7(11)2-3-9(8)14-6/h2-3,5-6H,4H2,1H3,(H,12,13). The summed E-state index contributed by atoms with van der Waals surface area (Å²) in [6.45, 7) is 1.80. The number of rotatable bonds is 0. The first-order valence-electron chi connectivity index (χ1n) is 4.41. The van der Waals surface area contributed by atoms with E-state index in [0.717, 1.165) is 0 Å². The Morgan fingerprint density at radius 1 is 1.57 bits per heavy atom. The monoisotopic (exact) mass is 195 g/mol. The van der Waals surface area contributed by atoms with Gasteiger partial charge in [0.05, 0.1) is 12.1 Å². The molecule has 0 bridgehead atoms. The van der Waals surface area contributed by atoms with Gasteiger partial charge in [0.15, 0.2) is 0 Å². The van der Waals surface area contributed by atoms with E-state index in [1.165, 1.54) is 18.2 Å². The molecule has 1 unspecified atom stereocenters. The van der Waals surface area contributed by atoms with Crippen LogP contribution in [0.4, 0.5) is 10.1 Å². The Kier molecular flexibility index (Phi) is 2.11. The van der Waals surface area contributed by atoms with E-state index in [9.17, 15) is 9.18 Å². The Labute approximate surface area is 80.9 Å². The quantitative estimate of drug-likeness (QED) is 0.687. The summed E-state index contributed by atoms with van der Waals surface area (Å²) in [4.78, 5) is 11.3. The summed E-state index contributed by atoms with van der Waals surface area (Å²) in [5, 5.41) is 2.59. The number of benzene rings is 1. The van der Waals surface area contributed by atoms with Gasteiger partial charge >= 0.3 is 0 Å². The molecule has 1 atom stereocenters. The number of fused-ring (bicyclic) bond motifs is 1. The molecule has 1 aliphatic rings. The number of hydrogen-bond acceptors (Lipinski definition) is 2. The molecule has 74 valence electrons. The van der Waals surface area contributed by atoms with E-state index in [1.54, 1.807) is 6.92 Å². The van der Waals surface area contributed by atoms with Gasteiger partial charge in [0, 0.05) is 6.07 Å². The van der Waals surface area contributed by atoms with Crippen LogP contribution in [0.2, 0.25) is 0 Å². The molecule has 1 heterocycles. The van der Waals surface area contributed by atoms with E-state index < -0.39 is 0 Å². The first-order valence-corrected chi connectivity index (χ1v) is 4.41. The van der Waals surface area contributed by atoms with Crippen molar-refractivity contribution in [3.05, 3.63) is 24.0 Å². The Hall–Kier alpha value is -1.58. The summed E-state index contributed by atoms with van der Waals surface area (Å²) in [6, 6.07) is 4.08. The van der Waals surface area contributed by atoms with Gasteiger partial charge in [-0.2, -0.15) is 0 Å². The Morgan fingerprint density at radius 3 is 3.14 bits per heavy atom. The van der Waals surface area contributed by atoms with Crippen molar-refractivity contribution in [2.75, 3.05) is 5.32 Å². The first kappa shape index (κ1) is 8.99. The van der Waals surface area contributed by atoms with Crippen LogP contribution in [0.1, 0.15) is 13.3 Å². The van der Waals surface area contributed by atoms with Crippen molar-refractivity contribution in [2.24, 2.45) is 0 Å². The fourth-order valence-electron chi connectivity index (χ4n) is 1.42. The smallest absolute Gasteiger partial charge is 0.228 e. The molecule has 0 saturated heterocycles. The van der Waals surface area contributed by atoms with Crippen LogP contribution >= 0.6 is 0 Å². The number of nitrogens with one attached hydrogen (secondary N) is 1. The van der Waals surface area contributed by atoms with Gasteiger partial charge in [0.25, 0.3) is 0 Å². The van der Waals surface area contributed by atoms with Crippen molar-refractivity contribution in [2.45, 2.75) is 19.4 Å². The predicted molar refractivity (Wildman–Crippen MR) is 49.7 cm³/mol. The third kappa shape index (κ3) is 1.69. The predicted octanol–water partition coefficient (Wildman–Crippen LogP) is 1.94. The van der Waals surface area contributed by atoms with Crippen LogP contribution in [0.25, 0.3) is 0 Å². The van der Waals surface area contributed by atoms with Crippen molar-refractivity contribution in [1.29, 1.82) is 0 Å². The Morgan fingerprint density at radius 2 is 2.36 bits per heavy atom. The SMILES string of the molecule is CC1CC(=O)Nc2cc(F)ccc2O1. The normalized spacial score (nSPS) is 20.4. The molecule has 1 aliphatic heterocycles. The van der Waals surface area contributed by atoms with Crippen LogP contribution in [-0.2, 0) is 4.79 Å². The maximum Gasteiger partial charge on any atom is 0.228 e. The summed E-state index contributed by atoms with van der Waals surface area (Å²) >= 11 is 0. The Balaban J connectivity index is 2.41. The van der Waals surface area contributed by atoms with Crippen LogP contribution in [0.15, 0.2) is 18.2 Å². The zero-order chi connectivity index (χ0) is 10.1. The van der Waals surface area contributed by atoms with Crippen LogP contribution in [0.3, 0.4) is 0 Å². The molecule has 14 heavy (non-hydrogen) atoms. The van der Waals surface area contributed by atoms with Gasteiger partial charge in [-0.05, 0) is 19.1 Å². The highest BCUT2D eigenvalue weighted by Crippen LogP contribution is 2.29. The van der Waals surface area contributed by atoms with Gasteiger partial charge in [-0.15, -0.1) is 0 Å². The molecule has 1 N–H and O–H groups in total. The molecule has 1 aromatic carbocycles. The third-order valence-corrected chi connectivity index (χ3v) is 2.02. The lowest BCUT2D eigenvalue weighted by molar-refractivity contribution is -0.117. The molecule has 4 heteroatoms. The van der Waals surface area contributed by atoms with Crippen LogP contribution in [0.5, 0.6) is 5.75 Å².